The monoisotopic (exact) mass is 358 g/mol. The van der Waals surface area contributed by atoms with Crippen molar-refractivity contribution in [3.63, 3.8) is 0 Å². The van der Waals surface area contributed by atoms with E-state index in [0.717, 1.165) is 16.5 Å². The van der Waals surface area contributed by atoms with Crippen LogP contribution in [-0.2, 0) is 4.74 Å². The number of aryl methyl sites for hydroxylation is 1. The lowest BCUT2D eigenvalue weighted by molar-refractivity contribution is 0.0525. The van der Waals surface area contributed by atoms with Crippen LogP contribution < -0.4 is 5.56 Å². The molecule has 2 heterocycles. The molecule has 0 radical (unpaired) electrons. The highest BCUT2D eigenvalue weighted by Gasteiger charge is 2.15. The Bertz CT molecular complexity index is 1240. The highest BCUT2D eigenvalue weighted by molar-refractivity contribution is 5.95. The number of nitrogens with zero attached hydrogens (tertiary/aromatic N) is 2. The van der Waals surface area contributed by atoms with E-state index < -0.39 is 5.97 Å². The molecule has 134 valence electrons. The van der Waals surface area contributed by atoms with Gasteiger partial charge >= 0.3 is 5.97 Å². The fraction of sp³-hybridized carbons (Fsp3) is 0.136. The molecule has 5 heteroatoms. The number of esters is 1. The molecule has 2 aromatic carbocycles. The molecule has 0 atom stereocenters. The number of rotatable bonds is 3. The first-order valence-electron chi connectivity index (χ1n) is 8.78. The lowest BCUT2D eigenvalue weighted by Gasteiger charge is -2.12. The molecular formula is C22H18N2O3. The molecule has 0 N–H and O–H groups in total. The molecule has 4 rings (SSSR count). The average molecular weight is 358 g/mol. The van der Waals surface area contributed by atoms with E-state index in [9.17, 15) is 9.59 Å². The third kappa shape index (κ3) is 2.87. The number of hydrogen-bond donors (Lipinski definition) is 0. The van der Waals surface area contributed by atoms with Crippen LogP contribution in [0.4, 0.5) is 0 Å². The summed E-state index contributed by atoms with van der Waals surface area (Å²) >= 11 is 0. The number of pyridine rings is 2. The quantitative estimate of drug-likeness (QED) is 0.519. The van der Waals surface area contributed by atoms with E-state index >= 15 is 0 Å². The Hall–Kier alpha value is -3.47. The average Bonchev–Trinajstić information content (AvgIpc) is 2.68. The van der Waals surface area contributed by atoms with Crippen molar-refractivity contribution >= 4 is 27.6 Å². The van der Waals surface area contributed by atoms with E-state index in [1.54, 1.807) is 36.7 Å². The number of fused-ring (bicyclic) bond motifs is 2. The second-order valence-corrected chi connectivity index (χ2v) is 6.26. The standard InChI is InChI=1S/C22H18N2O3/c1-3-27-22(26)17-13-18-19(23-14(17)2)11-12-24(21(18)25)20-10-6-8-15-7-4-5-9-16(15)20/h4-13H,3H2,1-2H3. The van der Waals surface area contributed by atoms with Crippen molar-refractivity contribution in [2.75, 3.05) is 6.61 Å². The topological polar surface area (TPSA) is 61.2 Å². The lowest BCUT2D eigenvalue weighted by Crippen LogP contribution is -2.19. The summed E-state index contributed by atoms with van der Waals surface area (Å²) in [4.78, 5) is 29.8. The third-order valence-corrected chi connectivity index (χ3v) is 4.59. The minimum absolute atomic E-state index is 0.220. The molecule has 2 aromatic heterocycles. The maximum Gasteiger partial charge on any atom is 0.339 e. The second kappa shape index (κ2) is 6.68. The fourth-order valence-electron chi connectivity index (χ4n) is 3.29. The van der Waals surface area contributed by atoms with Gasteiger partial charge in [-0.15, -0.1) is 0 Å². The molecule has 27 heavy (non-hydrogen) atoms. The summed E-state index contributed by atoms with van der Waals surface area (Å²) in [5, 5.41) is 2.42. The van der Waals surface area contributed by atoms with Crippen molar-refractivity contribution in [2.45, 2.75) is 13.8 Å². The molecular weight excluding hydrogens is 340 g/mol. The summed E-state index contributed by atoms with van der Waals surface area (Å²) in [6, 6.07) is 17.1. The van der Waals surface area contributed by atoms with Gasteiger partial charge in [0.1, 0.15) is 0 Å². The first-order valence-corrected chi connectivity index (χ1v) is 8.78. The van der Waals surface area contributed by atoms with E-state index in [-0.39, 0.29) is 12.2 Å². The summed E-state index contributed by atoms with van der Waals surface area (Å²) in [5.74, 6) is -0.468. The van der Waals surface area contributed by atoms with Crippen LogP contribution in [0.15, 0.2) is 65.6 Å². The number of aromatic nitrogens is 2. The van der Waals surface area contributed by atoms with Crippen molar-refractivity contribution in [1.82, 2.24) is 9.55 Å². The van der Waals surface area contributed by atoms with Gasteiger partial charge in [0.25, 0.3) is 5.56 Å². The van der Waals surface area contributed by atoms with Crippen LogP contribution in [0.2, 0.25) is 0 Å². The largest absolute Gasteiger partial charge is 0.462 e. The van der Waals surface area contributed by atoms with Gasteiger partial charge in [-0.2, -0.15) is 0 Å². The van der Waals surface area contributed by atoms with Crippen LogP contribution in [0.3, 0.4) is 0 Å². The molecule has 0 spiro atoms. The van der Waals surface area contributed by atoms with Crippen LogP contribution in [0.1, 0.15) is 23.0 Å². The normalized spacial score (nSPS) is 11.0. The van der Waals surface area contributed by atoms with Gasteiger partial charge in [0, 0.05) is 11.6 Å². The summed E-state index contributed by atoms with van der Waals surface area (Å²) in [7, 11) is 0. The molecule has 0 saturated carbocycles. The van der Waals surface area contributed by atoms with E-state index in [4.69, 9.17) is 4.74 Å². The SMILES string of the molecule is CCOC(=O)c1cc2c(=O)n(-c3cccc4ccccc34)ccc2nc1C. The van der Waals surface area contributed by atoms with Gasteiger partial charge in [0.15, 0.2) is 0 Å². The van der Waals surface area contributed by atoms with Gasteiger partial charge in [-0.3, -0.25) is 14.3 Å². The number of hydrogen-bond acceptors (Lipinski definition) is 4. The highest BCUT2D eigenvalue weighted by Crippen LogP contribution is 2.22. The minimum atomic E-state index is -0.468. The van der Waals surface area contributed by atoms with Gasteiger partial charge in [-0.25, -0.2) is 4.79 Å². The van der Waals surface area contributed by atoms with E-state index in [0.29, 0.717) is 22.2 Å². The molecule has 5 nitrogen and oxygen atoms in total. The van der Waals surface area contributed by atoms with Gasteiger partial charge in [-0.05, 0) is 37.4 Å². The Balaban J connectivity index is 1.98. The number of carbonyl (C=O) groups is 1. The van der Waals surface area contributed by atoms with E-state index in [2.05, 4.69) is 4.98 Å². The molecule has 0 bridgehead atoms. The van der Waals surface area contributed by atoms with Gasteiger partial charge < -0.3 is 4.74 Å². The van der Waals surface area contributed by atoms with Crippen LogP contribution >= 0.6 is 0 Å². The zero-order valence-electron chi connectivity index (χ0n) is 15.1. The van der Waals surface area contributed by atoms with Gasteiger partial charge in [0.2, 0.25) is 0 Å². The predicted molar refractivity (Wildman–Crippen MR) is 106 cm³/mol. The van der Waals surface area contributed by atoms with Crippen molar-refractivity contribution in [3.8, 4) is 5.69 Å². The summed E-state index contributed by atoms with van der Waals surface area (Å²) in [6.45, 7) is 3.75. The van der Waals surface area contributed by atoms with Gasteiger partial charge in [0.05, 0.1) is 34.5 Å². The molecule has 4 aromatic rings. The van der Waals surface area contributed by atoms with Crippen molar-refractivity contribution < 1.29 is 9.53 Å². The number of ether oxygens (including phenoxy) is 1. The third-order valence-electron chi connectivity index (χ3n) is 4.59. The van der Waals surface area contributed by atoms with Crippen LogP contribution in [-0.4, -0.2) is 22.1 Å². The Morgan fingerprint density at radius 2 is 1.85 bits per heavy atom. The molecule has 0 unspecified atom stereocenters. The Morgan fingerprint density at radius 3 is 2.67 bits per heavy atom. The van der Waals surface area contributed by atoms with E-state index in [1.165, 1.54) is 0 Å². The Kier molecular flexibility index (Phi) is 4.20. The maximum atomic E-state index is 13.2. The first kappa shape index (κ1) is 17.0. The zero-order chi connectivity index (χ0) is 19.0. The molecule has 0 aliphatic carbocycles. The van der Waals surface area contributed by atoms with Crippen molar-refractivity contribution in [2.24, 2.45) is 0 Å². The Morgan fingerprint density at radius 1 is 1.07 bits per heavy atom. The molecule has 0 amide bonds. The van der Waals surface area contributed by atoms with Crippen LogP contribution in [0, 0.1) is 6.92 Å². The number of carbonyl (C=O) groups excluding carboxylic acids is 1. The molecule has 0 aliphatic rings. The summed E-state index contributed by atoms with van der Waals surface area (Å²) < 4.78 is 6.68. The molecule has 0 fully saturated rings. The number of benzene rings is 2. The van der Waals surface area contributed by atoms with Crippen molar-refractivity contribution in [3.05, 3.63) is 82.4 Å². The Labute approximate surface area is 155 Å². The molecule has 0 aliphatic heterocycles. The maximum absolute atomic E-state index is 13.2. The summed E-state index contributed by atoms with van der Waals surface area (Å²) in [5.41, 5.74) is 1.99. The molecule has 0 saturated heterocycles. The predicted octanol–water partition coefficient (Wildman–Crippen LogP) is 4.02. The first-order chi connectivity index (χ1) is 13.1. The fourth-order valence-corrected chi connectivity index (χ4v) is 3.29. The minimum Gasteiger partial charge on any atom is -0.462 e. The lowest BCUT2D eigenvalue weighted by atomic mass is 10.1. The zero-order valence-corrected chi connectivity index (χ0v) is 15.1. The second-order valence-electron chi connectivity index (χ2n) is 6.26. The van der Waals surface area contributed by atoms with E-state index in [1.807, 2.05) is 42.5 Å². The highest BCUT2D eigenvalue weighted by atomic mass is 16.5. The van der Waals surface area contributed by atoms with Crippen molar-refractivity contribution in [1.29, 1.82) is 0 Å². The van der Waals surface area contributed by atoms with Crippen LogP contribution in [0.5, 0.6) is 0 Å². The van der Waals surface area contributed by atoms with Crippen LogP contribution in [0.25, 0.3) is 27.4 Å². The van der Waals surface area contributed by atoms with Gasteiger partial charge in [-0.1, -0.05) is 36.4 Å². The smallest absolute Gasteiger partial charge is 0.339 e. The summed E-state index contributed by atoms with van der Waals surface area (Å²) in [6.07, 6.45) is 1.73.